The molecule has 2 aromatic rings. The lowest BCUT2D eigenvalue weighted by molar-refractivity contribution is -0.141. The number of esters is 1. The number of aromatic nitrogens is 3. The van der Waals surface area contributed by atoms with Crippen LogP contribution in [-0.2, 0) is 9.53 Å². The van der Waals surface area contributed by atoms with Crippen LogP contribution >= 0.6 is 11.6 Å². The Labute approximate surface area is 109 Å². The molecule has 0 unspecified atom stereocenters. The third-order valence-electron chi connectivity index (χ3n) is 2.10. The van der Waals surface area contributed by atoms with Crippen LogP contribution in [0.15, 0.2) is 18.5 Å². The smallest absolute Gasteiger partial charge is 0.317 e. The lowest BCUT2D eigenvalue weighted by Crippen LogP contribution is -2.01. The quantitative estimate of drug-likeness (QED) is 0.470. The monoisotopic (exact) mass is 263 g/mol. The van der Waals surface area contributed by atoms with Gasteiger partial charge in [0.2, 0.25) is 0 Å². The molecule has 2 aromatic heterocycles. The van der Waals surface area contributed by atoms with Crippen LogP contribution in [0.4, 0.5) is 0 Å². The van der Waals surface area contributed by atoms with Crippen molar-refractivity contribution in [3.05, 3.63) is 29.2 Å². The van der Waals surface area contributed by atoms with Gasteiger partial charge in [-0.25, -0.2) is 9.50 Å². The van der Waals surface area contributed by atoms with Gasteiger partial charge in [0.15, 0.2) is 5.65 Å². The highest BCUT2D eigenvalue weighted by Gasteiger charge is 2.03. The van der Waals surface area contributed by atoms with Crippen LogP contribution < -0.4 is 0 Å². The van der Waals surface area contributed by atoms with Crippen molar-refractivity contribution >= 4 is 23.2 Å². The van der Waals surface area contributed by atoms with Gasteiger partial charge in [0.25, 0.3) is 0 Å². The molecule has 0 radical (unpaired) electrons. The number of hydrogen-bond donors (Lipinski definition) is 0. The van der Waals surface area contributed by atoms with Crippen LogP contribution in [-0.4, -0.2) is 27.2 Å². The van der Waals surface area contributed by atoms with E-state index in [4.69, 9.17) is 16.3 Å². The number of nitrogens with zero attached hydrogens (tertiary/aromatic N) is 3. The van der Waals surface area contributed by atoms with Crippen molar-refractivity contribution in [2.75, 3.05) is 6.61 Å². The molecule has 0 aliphatic carbocycles. The number of hydrogen-bond acceptors (Lipinski definition) is 4. The molecule has 0 saturated heterocycles. The second-order valence-corrected chi connectivity index (χ2v) is 3.75. The second-order valence-electron chi connectivity index (χ2n) is 3.36. The summed E-state index contributed by atoms with van der Waals surface area (Å²) in [6.07, 6.45) is 3.32. The molecule has 0 spiro atoms. The van der Waals surface area contributed by atoms with Gasteiger partial charge in [0.1, 0.15) is 11.6 Å². The lowest BCUT2D eigenvalue weighted by Gasteiger charge is -1.94. The van der Waals surface area contributed by atoms with Crippen LogP contribution in [0.3, 0.4) is 0 Å². The minimum absolute atomic E-state index is 0.0474. The van der Waals surface area contributed by atoms with Crippen molar-refractivity contribution in [1.29, 1.82) is 0 Å². The molecule has 0 atom stereocenters. The summed E-state index contributed by atoms with van der Waals surface area (Å²) in [4.78, 5) is 15.2. The largest absolute Gasteiger partial charge is 0.465 e. The Kier molecular flexibility index (Phi) is 3.80. The molecule has 6 heteroatoms. The Morgan fingerprint density at radius 1 is 1.61 bits per heavy atom. The maximum atomic E-state index is 11.1. The molecule has 92 valence electrons. The van der Waals surface area contributed by atoms with E-state index in [2.05, 4.69) is 21.9 Å². The van der Waals surface area contributed by atoms with Crippen molar-refractivity contribution in [1.82, 2.24) is 14.6 Å². The Bertz CT molecular complexity index is 640. The summed E-state index contributed by atoms with van der Waals surface area (Å²) in [5.74, 6) is 5.21. The molecule has 2 rings (SSSR count). The van der Waals surface area contributed by atoms with Crippen LogP contribution in [0.1, 0.15) is 18.9 Å². The van der Waals surface area contributed by atoms with Gasteiger partial charge in [-0.3, -0.25) is 4.79 Å². The molecular formula is C12H10ClN3O2. The van der Waals surface area contributed by atoms with Gasteiger partial charge < -0.3 is 4.74 Å². The van der Waals surface area contributed by atoms with Gasteiger partial charge in [-0.15, -0.1) is 0 Å². The van der Waals surface area contributed by atoms with Crippen LogP contribution in [0, 0.1) is 11.8 Å². The topological polar surface area (TPSA) is 56.5 Å². The predicted octanol–water partition coefficient (Wildman–Crippen LogP) is 1.69. The zero-order valence-corrected chi connectivity index (χ0v) is 10.4. The van der Waals surface area contributed by atoms with Crippen molar-refractivity contribution in [3.63, 3.8) is 0 Å². The molecular weight excluding hydrogens is 254 g/mol. The molecule has 0 N–H and O–H groups in total. The molecule has 2 heterocycles. The number of carbonyl (C=O) groups is 1. The van der Waals surface area contributed by atoms with Crippen molar-refractivity contribution in [3.8, 4) is 11.8 Å². The summed E-state index contributed by atoms with van der Waals surface area (Å²) in [6, 6.07) is 1.64. The van der Waals surface area contributed by atoms with E-state index in [0.717, 1.165) is 0 Å². The van der Waals surface area contributed by atoms with E-state index in [9.17, 15) is 4.79 Å². The highest BCUT2D eigenvalue weighted by atomic mass is 35.5. The zero-order chi connectivity index (χ0) is 13.0. The fraction of sp³-hybridized carbons (Fsp3) is 0.250. The molecule has 0 aliphatic rings. The van der Waals surface area contributed by atoms with E-state index in [1.165, 1.54) is 0 Å². The van der Waals surface area contributed by atoms with E-state index in [-0.39, 0.29) is 12.4 Å². The first-order valence-electron chi connectivity index (χ1n) is 5.35. The molecule has 5 nitrogen and oxygen atoms in total. The van der Waals surface area contributed by atoms with Crippen molar-refractivity contribution in [2.45, 2.75) is 13.3 Å². The molecule has 0 saturated carbocycles. The van der Waals surface area contributed by atoms with Crippen LogP contribution in [0.5, 0.6) is 0 Å². The van der Waals surface area contributed by atoms with E-state index >= 15 is 0 Å². The molecule has 0 fully saturated rings. The van der Waals surface area contributed by atoms with Crippen LogP contribution in [0.2, 0.25) is 5.15 Å². The maximum absolute atomic E-state index is 11.1. The number of fused-ring (bicyclic) bond motifs is 1. The summed E-state index contributed by atoms with van der Waals surface area (Å²) >= 11 is 5.80. The average Bonchev–Trinajstić information content (AvgIpc) is 2.72. The Balaban J connectivity index is 2.19. The van der Waals surface area contributed by atoms with Gasteiger partial charge in [0, 0.05) is 6.20 Å². The lowest BCUT2D eigenvalue weighted by atomic mass is 10.3. The van der Waals surface area contributed by atoms with Crippen molar-refractivity contribution in [2.24, 2.45) is 0 Å². The first-order chi connectivity index (χ1) is 8.70. The third kappa shape index (κ3) is 2.79. The number of halogens is 1. The van der Waals surface area contributed by atoms with Gasteiger partial charge >= 0.3 is 5.97 Å². The Morgan fingerprint density at radius 2 is 2.44 bits per heavy atom. The normalized spacial score (nSPS) is 9.89. The number of rotatable bonds is 2. The predicted molar refractivity (Wildman–Crippen MR) is 66.1 cm³/mol. The Hall–Kier alpha value is -2.06. The average molecular weight is 264 g/mol. The van der Waals surface area contributed by atoms with Gasteiger partial charge in [-0.05, 0) is 13.0 Å². The minimum atomic E-state index is -0.340. The van der Waals surface area contributed by atoms with Gasteiger partial charge in [-0.2, -0.15) is 5.10 Å². The SMILES string of the molecule is CCOC(=O)CC#Cc1cnn2ccc(Cl)nc12. The van der Waals surface area contributed by atoms with E-state index in [1.54, 1.807) is 29.9 Å². The summed E-state index contributed by atoms with van der Waals surface area (Å²) in [6.45, 7) is 2.11. The molecule has 0 aromatic carbocycles. The zero-order valence-electron chi connectivity index (χ0n) is 9.68. The summed E-state index contributed by atoms with van der Waals surface area (Å²) in [5, 5.41) is 4.44. The highest BCUT2D eigenvalue weighted by molar-refractivity contribution is 6.29. The molecule has 18 heavy (non-hydrogen) atoms. The first-order valence-corrected chi connectivity index (χ1v) is 5.73. The van der Waals surface area contributed by atoms with Crippen LogP contribution in [0.25, 0.3) is 5.65 Å². The van der Waals surface area contributed by atoms with E-state index in [1.807, 2.05) is 0 Å². The highest BCUT2D eigenvalue weighted by Crippen LogP contribution is 2.10. The Morgan fingerprint density at radius 3 is 3.22 bits per heavy atom. The summed E-state index contributed by atoms with van der Waals surface area (Å²) < 4.78 is 6.34. The number of ether oxygens (including phenoxy) is 1. The first kappa shape index (κ1) is 12.4. The molecule has 0 amide bonds. The second kappa shape index (κ2) is 5.52. The summed E-state index contributed by atoms with van der Waals surface area (Å²) in [5.41, 5.74) is 1.20. The van der Waals surface area contributed by atoms with Gasteiger partial charge in [-0.1, -0.05) is 23.4 Å². The summed E-state index contributed by atoms with van der Waals surface area (Å²) in [7, 11) is 0. The molecule has 0 bridgehead atoms. The fourth-order valence-corrected chi connectivity index (χ4v) is 1.50. The standard InChI is InChI=1S/C12H10ClN3O2/c1-2-18-11(17)5-3-4-9-8-14-16-7-6-10(13)15-12(9)16/h6-8H,2,5H2,1H3. The van der Waals surface area contributed by atoms with E-state index < -0.39 is 0 Å². The fourth-order valence-electron chi connectivity index (χ4n) is 1.36. The minimum Gasteiger partial charge on any atom is -0.465 e. The third-order valence-corrected chi connectivity index (χ3v) is 2.31. The van der Waals surface area contributed by atoms with E-state index in [0.29, 0.717) is 23.0 Å². The molecule has 0 aliphatic heterocycles. The van der Waals surface area contributed by atoms with Crippen molar-refractivity contribution < 1.29 is 9.53 Å². The maximum Gasteiger partial charge on any atom is 0.317 e. The number of carbonyl (C=O) groups excluding carboxylic acids is 1. The van der Waals surface area contributed by atoms with Gasteiger partial charge in [0.05, 0.1) is 18.4 Å².